The molecule has 0 spiro atoms. The Hall–Kier alpha value is -1.49. The molecule has 0 amide bonds. The third kappa shape index (κ3) is 2.55. The Bertz CT molecular complexity index is 409. The SMILES string of the molecule is CC(=O)C(N)(CF)Cc1ccc(O)cc1F. The molecule has 0 aliphatic rings. The smallest absolute Gasteiger partial charge is 0.152 e. The first-order valence-corrected chi connectivity index (χ1v) is 4.72. The van der Waals surface area contributed by atoms with Gasteiger partial charge < -0.3 is 10.8 Å². The molecule has 0 saturated carbocycles. The molecular formula is C11H13F2NO2. The van der Waals surface area contributed by atoms with Crippen molar-refractivity contribution >= 4 is 5.78 Å². The van der Waals surface area contributed by atoms with E-state index in [0.717, 1.165) is 13.0 Å². The minimum absolute atomic E-state index is 0.105. The van der Waals surface area contributed by atoms with Gasteiger partial charge in [0.1, 0.15) is 23.8 Å². The van der Waals surface area contributed by atoms with E-state index >= 15 is 0 Å². The molecule has 3 N–H and O–H groups in total. The van der Waals surface area contributed by atoms with E-state index in [1.807, 2.05) is 0 Å². The molecule has 0 fully saturated rings. The van der Waals surface area contributed by atoms with Gasteiger partial charge in [0.15, 0.2) is 5.78 Å². The third-order valence-corrected chi connectivity index (χ3v) is 2.48. The number of Topliss-reactive ketones (excluding diaryl/α,β-unsaturated/α-hetero) is 1. The maximum Gasteiger partial charge on any atom is 0.152 e. The normalized spacial score (nSPS) is 14.5. The van der Waals surface area contributed by atoms with Crippen LogP contribution in [-0.4, -0.2) is 23.1 Å². The first kappa shape index (κ1) is 12.6. The molecule has 0 aromatic heterocycles. The fraction of sp³-hybridized carbons (Fsp3) is 0.364. The number of rotatable bonds is 4. The van der Waals surface area contributed by atoms with Gasteiger partial charge in [-0.1, -0.05) is 6.07 Å². The Kier molecular flexibility index (Phi) is 3.59. The predicted molar refractivity (Wildman–Crippen MR) is 55.3 cm³/mol. The van der Waals surface area contributed by atoms with Gasteiger partial charge in [0.25, 0.3) is 0 Å². The van der Waals surface area contributed by atoms with Crippen molar-refractivity contribution in [1.29, 1.82) is 0 Å². The molecule has 0 aliphatic carbocycles. The van der Waals surface area contributed by atoms with Crippen LogP contribution in [0.2, 0.25) is 0 Å². The number of phenols is 1. The summed E-state index contributed by atoms with van der Waals surface area (Å²) >= 11 is 0. The highest BCUT2D eigenvalue weighted by atomic mass is 19.1. The fourth-order valence-corrected chi connectivity index (χ4v) is 1.29. The minimum atomic E-state index is -1.70. The maximum atomic E-state index is 13.3. The number of halogens is 2. The van der Waals surface area contributed by atoms with E-state index in [-0.39, 0.29) is 17.7 Å². The van der Waals surface area contributed by atoms with E-state index in [9.17, 15) is 13.6 Å². The largest absolute Gasteiger partial charge is 0.508 e. The topological polar surface area (TPSA) is 63.3 Å². The number of benzene rings is 1. The first-order valence-electron chi connectivity index (χ1n) is 4.72. The molecule has 0 bridgehead atoms. The second kappa shape index (κ2) is 4.57. The molecule has 1 atom stereocenters. The summed E-state index contributed by atoms with van der Waals surface area (Å²) in [6.45, 7) is 0.112. The van der Waals surface area contributed by atoms with Crippen molar-refractivity contribution in [3.8, 4) is 5.75 Å². The van der Waals surface area contributed by atoms with Gasteiger partial charge >= 0.3 is 0 Å². The number of nitrogens with two attached hydrogens (primary N) is 1. The number of carbonyl (C=O) groups excluding carboxylic acids is 1. The van der Waals surface area contributed by atoms with Crippen LogP contribution in [0, 0.1) is 5.82 Å². The van der Waals surface area contributed by atoms with Gasteiger partial charge in [-0.15, -0.1) is 0 Å². The zero-order chi connectivity index (χ0) is 12.3. The lowest BCUT2D eigenvalue weighted by molar-refractivity contribution is -0.122. The number of hydrogen-bond donors (Lipinski definition) is 2. The summed E-state index contributed by atoms with van der Waals surface area (Å²) < 4.78 is 26.0. The molecule has 16 heavy (non-hydrogen) atoms. The van der Waals surface area contributed by atoms with Crippen LogP contribution in [0.25, 0.3) is 0 Å². The van der Waals surface area contributed by atoms with Crippen LogP contribution in [0.5, 0.6) is 5.75 Å². The van der Waals surface area contributed by atoms with Crippen molar-refractivity contribution in [2.24, 2.45) is 5.73 Å². The van der Waals surface area contributed by atoms with Crippen LogP contribution in [0.1, 0.15) is 12.5 Å². The molecule has 5 heteroatoms. The van der Waals surface area contributed by atoms with Gasteiger partial charge in [0, 0.05) is 12.5 Å². The Balaban J connectivity index is 2.99. The van der Waals surface area contributed by atoms with Gasteiger partial charge in [-0.3, -0.25) is 4.79 Å². The minimum Gasteiger partial charge on any atom is -0.508 e. The van der Waals surface area contributed by atoms with E-state index in [1.54, 1.807) is 0 Å². The van der Waals surface area contributed by atoms with Crippen LogP contribution in [0.3, 0.4) is 0 Å². The monoisotopic (exact) mass is 229 g/mol. The Labute approximate surface area is 91.9 Å². The van der Waals surface area contributed by atoms with Crippen molar-refractivity contribution in [2.75, 3.05) is 6.67 Å². The van der Waals surface area contributed by atoms with Crippen molar-refractivity contribution in [3.63, 3.8) is 0 Å². The summed E-state index contributed by atoms with van der Waals surface area (Å²) in [7, 11) is 0. The van der Waals surface area contributed by atoms with E-state index in [1.165, 1.54) is 12.1 Å². The van der Waals surface area contributed by atoms with Crippen LogP contribution in [0.4, 0.5) is 8.78 Å². The number of ketones is 1. The lowest BCUT2D eigenvalue weighted by atomic mass is 9.89. The van der Waals surface area contributed by atoms with E-state index < -0.39 is 23.8 Å². The highest BCUT2D eigenvalue weighted by Gasteiger charge is 2.32. The average Bonchev–Trinajstić information content (AvgIpc) is 2.22. The molecule has 0 radical (unpaired) electrons. The fourth-order valence-electron chi connectivity index (χ4n) is 1.29. The lowest BCUT2D eigenvalue weighted by Gasteiger charge is -2.23. The molecule has 1 unspecified atom stereocenters. The summed E-state index contributed by atoms with van der Waals surface area (Å²) in [4.78, 5) is 11.1. The molecule has 1 rings (SSSR count). The third-order valence-electron chi connectivity index (χ3n) is 2.48. The summed E-state index contributed by atoms with van der Waals surface area (Å²) in [5.41, 5.74) is 3.93. The number of alkyl halides is 1. The molecule has 0 saturated heterocycles. The van der Waals surface area contributed by atoms with Gasteiger partial charge in [-0.05, 0) is 18.6 Å². The summed E-state index contributed by atoms with van der Waals surface area (Å²) in [6.07, 6.45) is -0.231. The van der Waals surface area contributed by atoms with E-state index in [2.05, 4.69) is 0 Å². The molecule has 1 aromatic rings. The first-order chi connectivity index (χ1) is 7.39. The van der Waals surface area contributed by atoms with Gasteiger partial charge in [0.05, 0.1) is 0 Å². The standard InChI is InChI=1S/C11H13F2NO2/c1-7(15)11(14,6-12)5-8-2-3-9(16)4-10(8)13/h2-4,16H,5-6,14H2,1H3. The molecule has 1 aromatic carbocycles. The predicted octanol–water partition coefficient (Wildman–Crippen LogP) is 1.33. The summed E-state index contributed by atoms with van der Waals surface area (Å²) in [5, 5.41) is 8.99. The van der Waals surface area contributed by atoms with Gasteiger partial charge in [0.2, 0.25) is 0 Å². The van der Waals surface area contributed by atoms with E-state index in [0.29, 0.717) is 0 Å². The van der Waals surface area contributed by atoms with Gasteiger partial charge in [-0.2, -0.15) is 0 Å². The second-order valence-corrected chi connectivity index (χ2v) is 3.80. The molecule has 0 heterocycles. The number of aromatic hydroxyl groups is 1. The van der Waals surface area contributed by atoms with Crippen LogP contribution >= 0.6 is 0 Å². The van der Waals surface area contributed by atoms with Crippen LogP contribution in [-0.2, 0) is 11.2 Å². The van der Waals surface area contributed by atoms with Crippen LogP contribution < -0.4 is 5.73 Å². The number of carbonyl (C=O) groups is 1. The van der Waals surface area contributed by atoms with Crippen molar-refractivity contribution in [3.05, 3.63) is 29.6 Å². The highest BCUT2D eigenvalue weighted by Crippen LogP contribution is 2.20. The quantitative estimate of drug-likeness (QED) is 0.818. The Morgan fingerprint density at radius 3 is 2.62 bits per heavy atom. The molecule has 0 aliphatic heterocycles. The Morgan fingerprint density at radius 2 is 2.19 bits per heavy atom. The summed E-state index contributed by atoms with van der Waals surface area (Å²) in [6, 6.07) is 3.44. The zero-order valence-corrected chi connectivity index (χ0v) is 8.84. The lowest BCUT2D eigenvalue weighted by Crippen LogP contribution is -2.51. The van der Waals surface area contributed by atoms with Crippen molar-refractivity contribution < 1.29 is 18.7 Å². The maximum absolute atomic E-state index is 13.3. The highest BCUT2D eigenvalue weighted by molar-refractivity contribution is 5.86. The van der Waals surface area contributed by atoms with Gasteiger partial charge in [-0.25, -0.2) is 8.78 Å². The number of phenolic OH excluding ortho intramolecular Hbond substituents is 1. The van der Waals surface area contributed by atoms with Crippen LogP contribution in [0.15, 0.2) is 18.2 Å². The second-order valence-electron chi connectivity index (χ2n) is 3.80. The molecular weight excluding hydrogens is 216 g/mol. The van der Waals surface area contributed by atoms with E-state index in [4.69, 9.17) is 10.8 Å². The average molecular weight is 229 g/mol. The van der Waals surface area contributed by atoms with Crippen molar-refractivity contribution in [1.82, 2.24) is 0 Å². The van der Waals surface area contributed by atoms with Crippen molar-refractivity contribution in [2.45, 2.75) is 18.9 Å². The Morgan fingerprint density at radius 1 is 1.56 bits per heavy atom. The zero-order valence-electron chi connectivity index (χ0n) is 8.84. The molecule has 88 valence electrons. The molecule has 3 nitrogen and oxygen atoms in total. The summed E-state index contributed by atoms with van der Waals surface area (Å²) in [5.74, 6) is -1.47. The number of hydrogen-bond acceptors (Lipinski definition) is 3.